The molecule has 3 aromatic carbocycles. The molecule has 0 saturated heterocycles. The van der Waals surface area contributed by atoms with E-state index in [0.29, 0.717) is 5.88 Å². The number of alkyl halides is 1. The molecule has 0 atom stereocenters. The summed E-state index contributed by atoms with van der Waals surface area (Å²) in [5, 5.41) is 0. The minimum absolute atomic E-state index is 0.515. The summed E-state index contributed by atoms with van der Waals surface area (Å²) in [5.41, 5.74) is 3.31. The van der Waals surface area contributed by atoms with Crippen molar-refractivity contribution in [2.45, 2.75) is 5.88 Å². The van der Waals surface area contributed by atoms with Crippen molar-refractivity contribution >= 4 is 11.6 Å². The van der Waals surface area contributed by atoms with Gasteiger partial charge in [-0.3, -0.25) is 0 Å². The molecular weight excluding hydrogens is 280 g/mol. The minimum Gasteiger partial charge on any atom is -0.457 e. The number of ether oxygens (including phenoxy) is 1. The summed E-state index contributed by atoms with van der Waals surface area (Å²) in [6, 6.07) is 26.1. The highest BCUT2D eigenvalue weighted by atomic mass is 35.5. The number of para-hydroxylation sites is 1. The first-order chi connectivity index (χ1) is 10.4. The van der Waals surface area contributed by atoms with Gasteiger partial charge in [0.1, 0.15) is 11.5 Å². The maximum atomic E-state index is 6.02. The van der Waals surface area contributed by atoms with Gasteiger partial charge in [-0.1, -0.05) is 60.7 Å². The van der Waals surface area contributed by atoms with Crippen molar-refractivity contribution < 1.29 is 4.74 Å². The van der Waals surface area contributed by atoms with Crippen LogP contribution in [0.3, 0.4) is 0 Å². The van der Waals surface area contributed by atoms with E-state index in [1.54, 1.807) is 0 Å². The van der Waals surface area contributed by atoms with Crippen molar-refractivity contribution in [2.75, 3.05) is 0 Å². The van der Waals surface area contributed by atoms with Crippen LogP contribution in [0.25, 0.3) is 11.1 Å². The van der Waals surface area contributed by atoms with E-state index < -0.39 is 0 Å². The van der Waals surface area contributed by atoms with Crippen molar-refractivity contribution in [1.82, 2.24) is 0 Å². The van der Waals surface area contributed by atoms with Crippen LogP contribution in [-0.4, -0.2) is 0 Å². The molecule has 0 spiro atoms. The van der Waals surface area contributed by atoms with Gasteiger partial charge in [-0.15, -0.1) is 11.6 Å². The first-order valence-corrected chi connectivity index (χ1v) is 7.37. The van der Waals surface area contributed by atoms with Gasteiger partial charge in [0.15, 0.2) is 0 Å². The molecule has 0 heterocycles. The number of hydrogen-bond acceptors (Lipinski definition) is 1. The van der Waals surface area contributed by atoms with E-state index in [0.717, 1.165) is 28.2 Å². The van der Waals surface area contributed by atoms with Gasteiger partial charge in [0.25, 0.3) is 0 Å². The minimum atomic E-state index is 0.515. The molecule has 3 rings (SSSR count). The molecule has 21 heavy (non-hydrogen) atoms. The summed E-state index contributed by atoms with van der Waals surface area (Å²) in [4.78, 5) is 0. The Bertz CT molecular complexity index is 705. The maximum absolute atomic E-state index is 6.02. The van der Waals surface area contributed by atoms with E-state index in [9.17, 15) is 0 Å². The Labute approximate surface area is 129 Å². The Morgan fingerprint density at radius 2 is 1.38 bits per heavy atom. The third-order valence-electron chi connectivity index (χ3n) is 3.28. The monoisotopic (exact) mass is 294 g/mol. The first-order valence-electron chi connectivity index (χ1n) is 6.84. The Morgan fingerprint density at radius 1 is 0.714 bits per heavy atom. The second-order valence-electron chi connectivity index (χ2n) is 4.74. The van der Waals surface area contributed by atoms with E-state index in [1.807, 2.05) is 60.7 Å². The highest BCUT2D eigenvalue weighted by Gasteiger charge is 2.06. The molecule has 0 fully saturated rings. The van der Waals surface area contributed by atoms with Gasteiger partial charge in [0, 0.05) is 11.4 Å². The summed E-state index contributed by atoms with van der Waals surface area (Å²) < 4.78 is 6.02. The van der Waals surface area contributed by atoms with Crippen molar-refractivity contribution in [3.05, 3.63) is 84.4 Å². The van der Waals surface area contributed by atoms with Crippen LogP contribution in [0.4, 0.5) is 0 Å². The Hall–Kier alpha value is -2.25. The third kappa shape index (κ3) is 3.26. The average molecular weight is 295 g/mol. The van der Waals surface area contributed by atoms with Gasteiger partial charge in [-0.25, -0.2) is 0 Å². The Morgan fingerprint density at radius 3 is 2.10 bits per heavy atom. The van der Waals surface area contributed by atoms with Gasteiger partial charge in [-0.05, 0) is 29.3 Å². The lowest BCUT2D eigenvalue weighted by Gasteiger charge is -2.11. The van der Waals surface area contributed by atoms with Crippen LogP contribution in [0.2, 0.25) is 0 Å². The van der Waals surface area contributed by atoms with E-state index in [1.165, 1.54) is 0 Å². The standard InChI is InChI=1S/C19H15ClO/c20-14-15-10-12-17(13-11-15)21-19-9-5-4-8-18(19)16-6-2-1-3-7-16/h1-13H,14H2. The zero-order valence-corrected chi connectivity index (χ0v) is 12.3. The lowest BCUT2D eigenvalue weighted by atomic mass is 10.0. The average Bonchev–Trinajstić information content (AvgIpc) is 2.57. The fourth-order valence-electron chi connectivity index (χ4n) is 2.19. The zero-order chi connectivity index (χ0) is 14.5. The van der Waals surface area contributed by atoms with Crippen molar-refractivity contribution in [2.24, 2.45) is 0 Å². The molecule has 3 aromatic rings. The summed E-state index contributed by atoms with van der Waals surface area (Å²) in [6.45, 7) is 0. The molecule has 0 amide bonds. The van der Waals surface area contributed by atoms with Crippen molar-refractivity contribution in [3.63, 3.8) is 0 Å². The number of rotatable bonds is 4. The van der Waals surface area contributed by atoms with Gasteiger partial charge in [-0.2, -0.15) is 0 Å². The second kappa shape index (κ2) is 6.47. The molecule has 0 unspecified atom stereocenters. The van der Waals surface area contributed by atoms with Gasteiger partial charge in [0.2, 0.25) is 0 Å². The van der Waals surface area contributed by atoms with Crippen molar-refractivity contribution in [3.8, 4) is 22.6 Å². The topological polar surface area (TPSA) is 9.23 Å². The van der Waals surface area contributed by atoms with Gasteiger partial charge >= 0.3 is 0 Å². The molecule has 0 aliphatic carbocycles. The van der Waals surface area contributed by atoms with Crippen LogP contribution in [0.15, 0.2) is 78.9 Å². The predicted molar refractivity (Wildman–Crippen MR) is 88.0 cm³/mol. The third-order valence-corrected chi connectivity index (χ3v) is 3.59. The van der Waals surface area contributed by atoms with Crippen LogP contribution >= 0.6 is 11.6 Å². The molecule has 104 valence electrons. The fraction of sp³-hybridized carbons (Fsp3) is 0.0526. The number of hydrogen-bond donors (Lipinski definition) is 0. The molecule has 0 radical (unpaired) electrons. The normalized spacial score (nSPS) is 10.3. The quantitative estimate of drug-likeness (QED) is 0.546. The molecule has 0 aliphatic rings. The van der Waals surface area contributed by atoms with Crippen LogP contribution in [0, 0.1) is 0 Å². The van der Waals surface area contributed by atoms with E-state index in [-0.39, 0.29) is 0 Å². The molecular formula is C19H15ClO. The Balaban J connectivity index is 1.92. The summed E-state index contributed by atoms with van der Waals surface area (Å²) >= 11 is 5.80. The lowest BCUT2D eigenvalue weighted by Crippen LogP contribution is -1.88. The van der Waals surface area contributed by atoms with E-state index >= 15 is 0 Å². The van der Waals surface area contributed by atoms with Crippen LogP contribution in [0.1, 0.15) is 5.56 Å². The molecule has 1 nitrogen and oxygen atoms in total. The molecule has 2 heteroatoms. The smallest absolute Gasteiger partial charge is 0.135 e. The fourth-order valence-corrected chi connectivity index (χ4v) is 2.36. The lowest BCUT2D eigenvalue weighted by molar-refractivity contribution is 0.484. The second-order valence-corrected chi connectivity index (χ2v) is 5.01. The van der Waals surface area contributed by atoms with Gasteiger partial charge in [0.05, 0.1) is 0 Å². The molecule has 0 aliphatic heterocycles. The summed E-state index contributed by atoms with van der Waals surface area (Å²) in [5.74, 6) is 2.18. The van der Waals surface area contributed by atoms with E-state index in [4.69, 9.17) is 16.3 Å². The first kappa shape index (κ1) is 13.7. The van der Waals surface area contributed by atoms with Crippen LogP contribution < -0.4 is 4.74 Å². The largest absolute Gasteiger partial charge is 0.457 e. The summed E-state index contributed by atoms with van der Waals surface area (Å²) in [7, 11) is 0. The highest BCUT2D eigenvalue weighted by molar-refractivity contribution is 6.17. The SMILES string of the molecule is ClCc1ccc(Oc2ccccc2-c2ccccc2)cc1. The zero-order valence-electron chi connectivity index (χ0n) is 11.5. The number of benzene rings is 3. The molecule has 0 aromatic heterocycles. The molecule has 0 N–H and O–H groups in total. The maximum Gasteiger partial charge on any atom is 0.135 e. The van der Waals surface area contributed by atoms with E-state index in [2.05, 4.69) is 18.2 Å². The molecule has 0 saturated carbocycles. The predicted octanol–water partition coefficient (Wildman–Crippen LogP) is 5.88. The van der Waals surface area contributed by atoms with Crippen molar-refractivity contribution in [1.29, 1.82) is 0 Å². The Kier molecular flexibility index (Phi) is 4.23. The van der Waals surface area contributed by atoms with Gasteiger partial charge < -0.3 is 4.74 Å². The van der Waals surface area contributed by atoms with Crippen LogP contribution in [0.5, 0.6) is 11.5 Å². The van der Waals surface area contributed by atoms with Crippen LogP contribution in [-0.2, 0) is 5.88 Å². The molecule has 0 bridgehead atoms. The number of halogens is 1. The summed E-state index contributed by atoms with van der Waals surface area (Å²) in [6.07, 6.45) is 0. The highest BCUT2D eigenvalue weighted by Crippen LogP contribution is 2.33.